The highest BCUT2D eigenvalue weighted by Crippen LogP contribution is 2.21. The minimum absolute atomic E-state index is 0.368. The number of carbonyl (C=O) groups excluding carboxylic acids is 1. The van der Waals surface area contributed by atoms with Gasteiger partial charge in [0, 0.05) is 13.1 Å². The zero-order valence-electron chi connectivity index (χ0n) is 14.6. The van der Waals surface area contributed by atoms with Crippen molar-refractivity contribution >= 4 is 6.09 Å². The zero-order valence-corrected chi connectivity index (χ0v) is 14.6. The number of carbonyl (C=O) groups is 1. The third kappa shape index (κ3) is 5.91. The molecule has 1 aliphatic heterocycles. The van der Waals surface area contributed by atoms with Crippen LogP contribution in [-0.2, 0) is 6.54 Å². The van der Waals surface area contributed by atoms with Gasteiger partial charge in [0.2, 0.25) is 0 Å². The molecule has 132 valence electrons. The lowest BCUT2D eigenvalue weighted by molar-refractivity contribution is 0.169. The van der Waals surface area contributed by atoms with Gasteiger partial charge in [0.15, 0.2) is 0 Å². The van der Waals surface area contributed by atoms with E-state index in [1.165, 1.54) is 18.4 Å². The van der Waals surface area contributed by atoms with Gasteiger partial charge in [-0.3, -0.25) is 4.90 Å². The zero-order chi connectivity index (χ0) is 17.3. The van der Waals surface area contributed by atoms with E-state index in [4.69, 9.17) is 4.74 Å². The Hall–Kier alpha value is -2.33. The van der Waals surface area contributed by atoms with Gasteiger partial charge in [-0.25, -0.2) is 4.79 Å². The summed E-state index contributed by atoms with van der Waals surface area (Å²) in [5.74, 6) is 1.26. The molecule has 2 aromatic carbocycles. The number of likely N-dealkylation sites (tertiary alicyclic amines) is 1. The lowest BCUT2D eigenvalue weighted by Gasteiger charge is -2.32. The van der Waals surface area contributed by atoms with Gasteiger partial charge in [-0.05, 0) is 56.0 Å². The second-order valence-corrected chi connectivity index (χ2v) is 6.62. The molecule has 4 heteroatoms. The molecule has 3 rings (SSSR count). The normalized spacial score (nSPS) is 15.7. The molecule has 1 fully saturated rings. The fourth-order valence-corrected chi connectivity index (χ4v) is 3.28. The van der Waals surface area contributed by atoms with Gasteiger partial charge >= 0.3 is 6.09 Å². The summed E-state index contributed by atoms with van der Waals surface area (Å²) in [6, 6.07) is 19.8. The quantitative estimate of drug-likeness (QED) is 0.863. The number of nitrogens with zero attached hydrogens (tertiary/aromatic N) is 1. The average molecular weight is 338 g/mol. The summed E-state index contributed by atoms with van der Waals surface area (Å²) in [7, 11) is 0. The minimum atomic E-state index is -0.368. The summed E-state index contributed by atoms with van der Waals surface area (Å²) in [5.41, 5.74) is 1.38. The fraction of sp³-hybridized carbons (Fsp3) is 0.381. The average Bonchev–Trinajstić information content (AvgIpc) is 2.65. The van der Waals surface area contributed by atoms with Crippen LogP contribution in [0.4, 0.5) is 4.79 Å². The van der Waals surface area contributed by atoms with Crippen LogP contribution in [0, 0.1) is 5.92 Å². The van der Waals surface area contributed by atoms with E-state index in [0.29, 0.717) is 18.2 Å². The van der Waals surface area contributed by atoms with Crippen molar-refractivity contribution < 1.29 is 9.53 Å². The van der Waals surface area contributed by atoms with E-state index < -0.39 is 0 Å². The Labute approximate surface area is 149 Å². The highest BCUT2D eigenvalue weighted by molar-refractivity contribution is 5.70. The van der Waals surface area contributed by atoms with Crippen LogP contribution >= 0.6 is 0 Å². The van der Waals surface area contributed by atoms with Crippen molar-refractivity contribution in [3.05, 3.63) is 66.2 Å². The van der Waals surface area contributed by atoms with Gasteiger partial charge in [0.25, 0.3) is 0 Å². The molecule has 1 aliphatic rings. The predicted molar refractivity (Wildman–Crippen MR) is 99.5 cm³/mol. The molecule has 0 radical (unpaired) electrons. The predicted octanol–water partition coefficient (Wildman–Crippen LogP) is 4.08. The maximum atomic E-state index is 11.8. The van der Waals surface area contributed by atoms with Gasteiger partial charge in [-0.2, -0.15) is 0 Å². The summed E-state index contributed by atoms with van der Waals surface area (Å²) >= 11 is 0. The Bertz CT molecular complexity index is 637. The first-order chi connectivity index (χ1) is 12.3. The van der Waals surface area contributed by atoms with Crippen molar-refractivity contribution in [1.29, 1.82) is 0 Å². The van der Waals surface area contributed by atoms with Crippen LogP contribution in [0.15, 0.2) is 60.7 Å². The van der Waals surface area contributed by atoms with Gasteiger partial charge in [0.1, 0.15) is 5.75 Å². The number of amides is 1. The fourth-order valence-electron chi connectivity index (χ4n) is 3.28. The highest BCUT2D eigenvalue weighted by Gasteiger charge is 2.19. The van der Waals surface area contributed by atoms with E-state index in [0.717, 1.165) is 26.1 Å². The second kappa shape index (κ2) is 9.23. The number of para-hydroxylation sites is 1. The summed E-state index contributed by atoms with van der Waals surface area (Å²) < 4.78 is 5.23. The van der Waals surface area contributed by atoms with Crippen molar-refractivity contribution in [2.75, 3.05) is 19.6 Å². The molecule has 0 spiro atoms. The molecule has 0 saturated carbocycles. The number of piperidine rings is 1. The van der Waals surface area contributed by atoms with Crippen molar-refractivity contribution in [1.82, 2.24) is 10.2 Å². The molecule has 1 amide bonds. The van der Waals surface area contributed by atoms with Gasteiger partial charge in [-0.1, -0.05) is 48.5 Å². The van der Waals surface area contributed by atoms with Crippen LogP contribution in [-0.4, -0.2) is 30.6 Å². The summed E-state index contributed by atoms with van der Waals surface area (Å²) in [4.78, 5) is 14.3. The van der Waals surface area contributed by atoms with Crippen LogP contribution in [0.5, 0.6) is 5.75 Å². The van der Waals surface area contributed by atoms with Crippen LogP contribution in [0.2, 0.25) is 0 Å². The van der Waals surface area contributed by atoms with E-state index in [9.17, 15) is 4.79 Å². The lowest BCUT2D eigenvalue weighted by Crippen LogP contribution is -2.35. The van der Waals surface area contributed by atoms with Crippen molar-refractivity contribution in [3.63, 3.8) is 0 Å². The number of hydrogen-bond acceptors (Lipinski definition) is 3. The minimum Gasteiger partial charge on any atom is -0.410 e. The van der Waals surface area contributed by atoms with Crippen molar-refractivity contribution in [3.8, 4) is 5.75 Å². The highest BCUT2D eigenvalue weighted by atomic mass is 16.5. The molecule has 25 heavy (non-hydrogen) atoms. The molecule has 4 nitrogen and oxygen atoms in total. The molecule has 1 saturated heterocycles. The van der Waals surface area contributed by atoms with E-state index >= 15 is 0 Å². The van der Waals surface area contributed by atoms with Gasteiger partial charge < -0.3 is 10.1 Å². The lowest BCUT2D eigenvalue weighted by atomic mass is 9.93. The Morgan fingerprint density at radius 1 is 1.00 bits per heavy atom. The Morgan fingerprint density at radius 2 is 1.64 bits per heavy atom. The second-order valence-electron chi connectivity index (χ2n) is 6.62. The van der Waals surface area contributed by atoms with Crippen LogP contribution in [0.3, 0.4) is 0 Å². The first-order valence-corrected chi connectivity index (χ1v) is 9.06. The molecule has 0 aliphatic carbocycles. The van der Waals surface area contributed by atoms with Crippen molar-refractivity contribution in [2.45, 2.75) is 25.8 Å². The van der Waals surface area contributed by atoms with Crippen molar-refractivity contribution in [2.24, 2.45) is 5.92 Å². The Kier molecular flexibility index (Phi) is 6.46. The third-order valence-electron chi connectivity index (χ3n) is 4.73. The Balaban J connectivity index is 1.31. The largest absolute Gasteiger partial charge is 0.412 e. The summed E-state index contributed by atoms with van der Waals surface area (Å²) in [6.45, 7) is 3.98. The molecule has 2 aromatic rings. The SMILES string of the molecule is O=C(NCCC1CCN(Cc2ccccc2)CC1)Oc1ccccc1. The number of benzene rings is 2. The van der Waals surface area contributed by atoms with E-state index in [1.807, 2.05) is 18.2 Å². The molecule has 1 heterocycles. The number of nitrogens with one attached hydrogen (secondary N) is 1. The van der Waals surface area contributed by atoms with E-state index in [-0.39, 0.29) is 6.09 Å². The van der Waals surface area contributed by atoms with E-state index in [1.54, 1.807) is 12.1 Å². The van der Waals surface area contributed by atoms with Crippen LogP contribution in [0.1, 0.15) is 24.8 Å². The Morgan fingerprint density at radius 3 is 2.32 bits per heavy atom. The number of hydrogen-bond donors (Lipinski definition) is 1. The maximum Gasteiger partial charge on any atom is 0.412 e. The van der Waals surface area contributed by atoms with Crippen LogP contribution in [0.25, 0.3) is 0 Å². The monoisotopic (exact) mass is 338 g/mol. The smallest absolute Gasteiger partial charge is 0.410 e. The molecular weight excluding hydrogens is 312 g/mol. The number of ether oxygens (including phenoxy) is 1. The number of rotatable bonds is 6. The molecule has 0 aromatic heterocycles. The third-order valence-corrected chi connectivity index (χ3v) is 4.73. The molecule has 0 atom stereocenters. The van der Waals surface area contributed by atoms with Crippen LogP contribution < -0.4 is 10.1 Å². The maximum absolute atomic E-state index is 11.8. The molecule has 0 unspecified atom stereocenters. The first kappa shape index (κ1) is 17.5. The summed E-state index contributed by atoms with van der Waals surface area (Å²) in [5, 5.41) is 2.85. The molecular formula is C21H26N2O2. The first-order valence-electron chi connectivity index (χ1n) is 9.06. The van der Waals surface area contributed by atoms with Gasteiger partial charge in [0.05, 0.1) is 0 Å². The standard InChI is InChI=1S/C21H26N2O2/c24-21(25-20-9-5-2-6-10-20)22-14-11-18-12-15-23(16-13-18)17-19-7-3-1-4-8-19/h1-10,18H,11-17H2,(H,22,24). The summed E-state index contributed by atoms with van der Waals surface area (Å²) in [6.07, 6.45) is 3.04. The molecule has 1 N–H and O–H groups in total. The molecule has 0 bridgehead atoms. The van der Waals surface area contributed by atoms with E-state index in [2.05, 4.69) is 40.5 Å². The topological polar surface area (TPSA) is 41.6 Å². The van der Waals surface area contributed by atoms with Gasteiger partial charge in [-0.15, -0.1) is 0 Å².